The average molecular weight is 421 g/mol. The van der Waals surface area contributed by atoms with Gasteiger partial charge in [-0.2, -0.15) is 0 Å². The topological polar surface area (TPSA) is 59.1 Å². The average Bonchev–Trinajstić information content (AvgIpc) is 3.35. The first-order valence-corrected chi connectivity index (χ1v) is 10.9. The Morgan fingerprint density at radius 1 is 0.935 bits per heavy atom. The van der Waals surface area contributed by atoms with Crippen LogP contribution in [0.4, 0.5) is 5.69 Å². The van der Waals surface area contributed by atoms with Crippen molar-refractivity contribution in [2.24, 2.45) is 0 Å². The summed E-state index contributed by atoms with van der Waals surface area (Å²) >= 11 is 0. The number of hydrogen-bond donors (Lipinski definition) is 0. The van der Waals surface area contributed by atoms with Gasteiger partial charge in [-0.25, -0.2) is 4.90 Å². The minimum atomic E-state index is -0.323. The van der Waals surface area contributed by atoms with Crippen molar-refractivity contribution < 1.29 is 19.1 Å². The minimum Gasteiger partial charge on any atom is -0.494 e. The van der Waals surface area contributed by atoms with Crippen LogP contribution in [0.2, 0.25) is 0 Å². The molecule has 2 aliphatic heterocycles. The van der Waals surface area contributed by atoms with Gasteiger partial charge >= 0.3 is 0 Å². The quantitative estimate of drug-likeness (QED) is 0.627. The first-order valence-electron chi connectivity index (χ1n) is 10.9. The molecule has 0 N–H and O–H groups in total. The maximum Gasteiger partial charge on any atom is 0.282 e. The monoisotopic (exact) mass is 420 g/mol. The summed E-state index contributed by atoms with van der Waals surface area (Å²) < 4.78 is 11.4. The number of para-hydroxylation sites is 2. The van der Waals surface area contributed by atoms with Gasteiger partial charge in [-0.05, 0) is 63.4 Å². The van der Waals surface area contributed by atoms with E-state index in [-0.39, 0.29) is 17.9 Å². The Kier molecular flexibility index (Phi) is 5.98. The SMILES string of the molecule is CCOc1ccc(C2=C(N3CCCC3)C(=O)N(c3ccccc3OC(C)C)C2=O)cc1. The van der Waals surface area contributed by atoms with Gasteiger partial charge in [0.15, 0.2) is 0 Å². The third kappa shape index (κ3) is 4.02. The van der Waals surface area contributed by atoms with Crippen molar-refractivity contribution in [1.82, 2.24) is 4.90 Å². The molecule has 2 aliphatic rings. The summed E-state index contributed by atoms with van der Waals surface area (Å²) in [5.74, 6) is 0.637. The number of carbonyl (C=O) groups is 2. The summed E-state index contributed by atoms with van der Waals surface area (Å²) in [5.41, 5.74) is 2.11. The van der Waals surface area contributed by atoms with E-state index in [1.165, 1.54) is 4.90 Å². The second-order valence-corrected chi connectivity index (χ2v) is 7.96. The van der Waals surface area contributed by atoms with Crippen LogP contribution >= 0.6 is 0 Å². The van der Waals surface area contributed by atoms with Crippen LogP contribution in [0.1, 0.15) is 39.2 Å². The lowest BCUT2D eigenvalue weighted by Crippen LogP contribution is -2.35. The Morgan fingerprint density at radius 2 is 1.61 bits per heavy atom. The molecule has 162 valence electrons. The number of nitrogens with zero attached hydrogens (tertiary/aromatic N) is 2. The number of ether oxygens (including phenoxy) is 2. The molecule has 2 aromatic carbocycles. The van der Waals surface area contributed by atoms with Crippen LogP contribution in [-0.2, 0) is 9.59 Å². The Hall–Kier alpha value is -3.28. The van der Waals surface area contributed by atoms with Gasteiger partial charge in [0.1, 0.15) is 17.2 Å². The molecule has 0 bridgehead atoms. The first kappa shape index (κ1) is 21.0. The molecule has 1 fully saturated rings. The molecule has 6 heteroatoms. The number of benzene rings is 2. The van der Waals surface area contributed by atoms with Gasteiger partial charge in [0.05, 0.1) is 24.0 Å². The highest BCUT2D eigenvalue weighted by atomic mass is 16.5. The molecule has 31 heavy (non-hydrogen) atoms. The van der Waals surface area contributed by atoms with Crippen LogP contribution in [0, 0.1) is 0 Å². The number of carbonyl (C=O) groups excluding carboxylic acids is 2. The molecule has 2 aromatic rings. The lowest BCUT2D eigenvalue weighted by Gasteiger charge is -2.22. The van der Waals surface area contributed by atoms with E-state index in [1.54, 1.807) is 12.1 Å². The molecule has 4 rings (SSSR count). The minimum absolute atomic E-state index is 0.0782. The largest absolute Gasteiger partial charge is 0.494 e. The zero-order valence-electron chi connectivity index (χ0n) is 18.3. The highest BCUT2D eigenvalue weighted by molar-refractivity contribution is 6.45. The number of hydrogen-bond acceptors (Lipinski definition) is 5. The standard InChI is InChI=1S/C25H28N2O4/c1-4-30-19-13-11-18(12-14-19)22-23(26-15-7-8-16-26)25(29)27(24(22)28)20-9-5-6-10-21(20)31-17(2)3/h5-6,9-14,17H,4,7-8,15-16H2,1-3H3. The van der Waals surface area contributed by atoms with Gasteiger partial charge in [0.2, 0.25) is 0 Å². The van der Waals surface area contributed by atoms with Crippen LogP contribution in [0.5, 0.6) is 11.5 Å². The molecule has 0 aromatic heterocycles. The van der Waals surface area contributed by atoms with Crippen LogP contribution in [0.15, 0.2) is 54.2 Å². The van der Waals surface area contributed by atoms with Crippen LogP contribution < -0.4 is 14.4 Å². The van der Waals surface area contributed by atoms with Crippen molar-refractivity contribution in [1.29, 1.82) is 0 Å². The van der Waals surface area contributed by atoms with Crippen molar-refractivity contribution in [2.45, 2.75) is 39.7 Å². The van der Waals surface area contributed by atoms with Gasteiger partial charge < -0.3 is 14.4 Å². The van der Waals surface area contributed by atoms with E-state index in [9.17, 15) is 9.59 Å². The maximum absolute atomic E-state index is 13.7. The highest BCUT2D eigenvalue weighted by Crippen LogP contribution is 2.39. The molecular formula is C25H28N2O4. The van der Waals surface area contributed by atoms with Crippen LogP contribution in [-0.4, -0.2) is 42.5 Å². The van der Waals surface area contributed by atoms with E-state index in [0.717, 1.165) is 31.7 Å². The van der Waals surface area contributed by atoms with Gasteiger partial charge in [-0.3, -0.25) is 9.59 Å². The fourth-order valence-electron chi connectivity index (χ4n) is 4.11. The number of amides is 2. The Balaban J connectivity index is 1.78. The molecule has 0 saturated carbocycles. The lowest BCUT2D eigenvalue weighted by atomic mass is 10.0. The molecule has 0 radical (unpaired) electrons. The van der Waals surface area contributed by atoms with E-state index >= 15 is 0 Å². The number of likely N-dealkylation sites (tertiary alicyclic amines) is 1. The third-order valence-corrected chi connectivity index (χ3v) is 5.40. The second kappa shape index (κ2) is 8.84. The molecule has 2 amide bonds. The van der Waals surface area contributed by atoms with Gasteiger partial charge in [-0.1, -0.05) is 24.3 Å². The summed E-state index contributed by atoms with van der Waals surface area (Å²) in [6.45, 7) is 7.88. The predicted octanol–water partition coefficient (Wildman–Crippen LogP) is 4.25. The first-order chi connectivity index (χ1) is 15.0. The van der Waals surface area contributed by atoms with E-state index in [2.05, 4.69) is 0 Å². The van der Waals surface area contributed by atoms with Crippen molar-refractivity contribution in [3.05, 3.63) is 59.8 Å². The number of rotatable bonds is 7. The van der Waals surface area contributed by atoms with E-state index in [1.807, 2.05) is 62.1 Å². The molecule has 0 aliphatic carbocycles. The van der Waals surface area contributed by atoms with Gasteiger partial charge in [0.25, 0.3) is 11.8 Å². The third-order valence-electron chi connectivity index (χ3n) is 5.40. The fourth-order valence-corrected chi connectivity index (χ4v) is 4.11. The zero-order valence-corrected chi connectivity index (χ0v) is 18.3. The molecule has 2 heterocycles. The predicted molar refractivity (Wildman–Crippen MR) is 120 cm³/mol. The Morgan fingerprint density at radius 3 is 2.26 bits per heavy atom. The molecule has 0 spiro atoms. The fraction of sp³-hybridized carbons (Fsp3) is 0.360. The van der Waals surface area contributed by atoms with Crippen molar-refractivity contribution >= 4 is 23.1 Å². The summed E-state index contributed by atoms with van der Waals surface area (Å²) in [6.07, 6.45) is 1.94. The molecule has 6 nitrogen and oxygen atoms in total. The second-order valence-electron chi connectivity index (χ2n) is 7.96. The van der Waals surface area contributed by atoms with Crippen LogP contribution in [0.25, 0.3) is 5.57 Å². The smallest absolute Gasteiger partial charge is 0.282 e. The zero-order chi connectivity index (χ0) is 22.0. The van der Waals surface area contributed by atoms with E-state index in [4.69, 9.17) is 9.47 Å². The van der Waals surface area contributed by atoms with Gasteiger partial charge in [-0.15, -0.1) is 0 Å². The van der Waals surface area contributed by atoms with Crippen molar-refractivity contribution in [3.8, 4) is 11.5 Å². The number of imide groups is 1. The molecular weight excluding hydrogens is 392 g/mol. The van der Waals surface area contributed by atoms with Crippen molar-refractivity contribution in [2.75, 3.05) is 24.6 Å². The molecule has 0 atom stereocenters. The lowest BCUT2D eigenvalue weighted by molar-refractivity contribution is -0.120. The highest BCUT2D eigenvalue weighted by Gasteiger charge is 2.43. The molecule has 0 unspecified atom stereocenters. The normalized spacial score (nSPS) is 16.6. The summed E-state index contributed by atoms with van der Waals surface area (Å²) in [7, 11) is 0. The summed E-state index contributed by atoms with van der Waals surface area (Å²) in [4.78, 5) is 30.6. The summed E-state index contributed by atoms with van der Waals surface area (Å²) in [6, 6.07) is 14.6. The Labute approximate surface area is 183 Å². The van der Waals surface area contributed by atoms with Crippen molar-refractivity contribution in [3.63, 3.8) is 0 Å². The van der Waals surface area contributed by atoms with Gasteiger partial charge in [0, 0.05) is 13.1 Å². The van der Waals surface area contributed by atoms with E-state index < -0.39 is 0 Å². The Bertz CT molecular complexity index is 1000. The number of anilines is 1. The van der Waals surface area contributed by atoms with Crippen LogP contribution in [0.3, 0.4) is 0 Å². The molecule has 1 saturated heterocycles. The maximum atomic E-state index is 13.7. The summed E-state index contributed by atoms with van der Waals surface area (Å²) in [5, 5.41) is 0. The van der Waals surface area contributed by atoms with E-state index in [0.29, 0.717) is 34.9 Å².